The molecule has 6 heteroatoms. The number of aromatic nitrogens is 1. The monoisotopic (exact) mass is 250 g/mol. The molecule has 0 unspecified atom stereocenters. The molecule has 0 fully saturated rings. The molecule has 0 radical (unpaired) electrons. The lowest BCUT2D eigenvalue weighted by Gasteiger charge is -2.15. The van der Waals surface area contributed by atoms with E-state index < -0.39 is 11.8 Å². The second kappa shape index (κ2) is 4.48. The summed E-state index contributed by atoms with van der Waals surface area (Å²) in [6, 6.07) is 5.46. The minimum atomic E-state index is -1.19. The van der Waals surface area contributed by atoms with Crippen molar-refractivity contribution >= 4 is 11.7 Å². The Hall–Kier alpha value is -2.37. The fraction of sp³-hybridized carbons (Fsp3) is 0.167. The molecule has 1 N–H and O–H groups in total. The zero-order chi connectivity index (χ0) is 13.3. The molecular formula is C12H11FN2O3. The molecule has 0 atom stereocenters. The van der Waals surface area contributed by atoms with Crippen molar-refractivity contribution in [3.8, 4) is 11.3 Å². The number of halogens is 1. The van der Waals surface area contributed by atoms with Crippen molar-refractivity contribution in [1.82, 2.24) is 5.16 Å². The normalized spacial score (nSPS) is 10.4. The summed E-state index contributed by atoms with van der Waals surface area (Å²) in [5.74, 6) is -1.40. The molecule has 0 bridgehead atoms. The van der Waals surface area contributed by atoms with Crippen LogP contribution in [0.4, 0.5) is 10.1 Å². The smallest absolute Gasteiger partial charge is 0.358 e. The third-order valence-electron chi connectivity index (χ3n) is 2.44. The molecule has 0 aliphatic rings. The molecule has 18 heavy (non-hydrogen) atoms. The van der Waals surface area contributed by atoms with E-state index in [4.69, 9.17) is 9.63 Å². The maximum absolute atomic E-state index is 13.3. The number of nitrogens with zero attached hydrogens (tertiary/aromatic N) is 2. The van der Waals surface area contributed by atoms with Crippen LogP contribution >= 0.6 is 0 Å². The Balaban J connectivity index is 2.54. The summed E-state index contributed by atoms with van der Waals surface area (Å²) in [6.07, 6.45) is 0. The first-order valence-corrected chi connectivity index (χ1v) is 5.16. The topological polar surface area (TPSA) is 66.6 Å². The molecule has 1 aromatic heterocycles. The first-order chi connectivity index (χ1) is 8.49. The average molecular weight is 250 g/mol. The third-order valence-corrected chi connectivity index (χ3v) is 2.44. The molecule has 2 aromatic rings. The van der Waals surface area contributed by atoms with Gasteiger partial charge in [0.05, 0.1) is 0 Å². The van der Waals surface area contributed by atoms with Crippen LogP contribution in [0, 0.1) is 5.82 Å². The zero-order valence-corrected chi connectivity index (χ0v) is 9.85. The Bertz CT molecular complexity index is 593. The summed E-state index contributed by atoms with van der Waals surface area (Å²) in [7, 11) is 3.59. The van der Waals surface area contributed by atoms with Gasteiger partial charge in [0.15, 0.2) is 11.5 Å². The molecule has 0 amide bonds. The van der Waals surface area contributed by atoms with Gasteiger partial charge in [0.1, 0.15) is 5.82 Å². The van der Waals surface area contributed by atoms with Crippen LogP contribution in [0.2, 0.25) is 0 Å². The molecule has 0 spiro atoms. The molecule has 2 rings (SSSR count). The number of rotatable bonds is 3. The van der Waals surface area contributed by atoms with Crippen LogP contribution in [-0.2, 0) is 0 Å². The van der Waals surface area contributed by atoms with E-state index in [1.54, 1.807) is 25.1 Å². The number of carboxylic acids is 1. The summed E-state index contributed by atoms with van der Waals surface area (Å²) < 4.78 is 18.2. The van der Waals surface area contributed by atoms with Crippen LogP contribution in [-0.4, -0.2) is 30.3 Å². The number of hydrogen-bond acceptors (Lipinski definition) is 4. The number of hydrogen-bond donors (Lipinski definition) is 1. The number of carboxylic acid groups (broad SMARTS) is 1. The summed E-state index contributed by atoms with van der Waals surface area (Å²) in [5, 5.41) is 12.2. The minimum absolute atomic E-state index is 0.209. The van der Waals surface area contributed by atoms with Crippen molar-refractivity contribution in [2.24, 2.45) is 0 Å². The van der Waals surface area contributed by atoms with E-state index in [1.807, 2.05) is 0 Å². The Morgan fingerprint density at radius 3 is 2.67 bits per heavy atom. The molecular weight excluding hydrogens is 239 g/mol. The lowest BCUT2D eigenvalue weighted by Crippen LogP contribution is -2.10. The van der Waals surface area contributed by atoms with Crippen LogP contribution in [0.5, 0.6) is 0 Å². The van der Waals surface area contributed by atoms with Crippen molar-refractivity contribution < 1.29 is 18.8 Å². The number of aromatic carboxylic acids is 1. The second-order valence-electron chi connectivity index (χ2n) is 3.94. The van der Waals surface area contributed by atoms with E-state index in [0.29, 0.717) is 11.3 Å². The van der Waals surface area contributed by atoms with E-state index in [2.05, 4.69) is 5.16 Å². The molecule has 0 aliphatic carbocycles. The van der Waals surface area contributed by atoms with Crippen LogP contribution in [0.3, 0.4) is 0 Å². The van der Waals surface area contributed by atoms with Gasteiger partial charge in [-0.15, -0.1) is 0 Å². The summed E-state index contributed by atoms with van der Waals surface area (Å²) >= 11 is 0. The molecule has 0 saturated heterocycles. The Morgan fingerprint density at radius 2 is 2.11 bits per heavy atom. The average Bonchev–Trinajstić information content (AvgIpc) is 2.77. The number of anilines is 1. The highest BCUT2D eigenvalue weighted by Gasteiger charge is 2.16. The van der Waals surface area contributed by atoms with Crippen molar-refractivity contribution in [3.05, 3.63) is 35.8 Å². The minimum Gasteiger partial charge on any atom is -0.476 e. The fourth-order valence-corrected chi connectivity index (χ4v) is 1.60. The van der Waals surface area contributed by atoms with Gasteiger partial charge >= 0.3 is 5.97 Å². The van der Waals surface area contributed by atoms with Gasteiger partial charge in [-0.05, 0) is 18.2 Å². The standard InChI is InChI=1S/C12H11FN2O3/c1-15(2)10-4-3-7(13)5-8(10)11-6-9(12(16)17)14-18-11/h3-6H,1-2H3,(H,16,17). The van der Waals surface area contributed by atoms with Crippen molar-refractivity contribution in [2.75, 3.05) is 19.0 Å². The molecule has 0 saturated carbocycles. The predicted molar refractivity (Wildman–Crippen MR) is 63.2 cm³/mol. The third kappa shape index (κ3) is 2.17. The van der Waals surface area contributed by atoms with Gasteiger partial charge in [0.25, 0.3) is 0 Å². The Kier molecular flexibility index (Phi) is 3.01. The van der Waals surface area contributed by atoms with Crippen molar-refractivity contribution in [1.29, 1.82) is 0 Å². The Labute approximate surface area is 102 Å². The largest absolute Gasteiger partial charge is 0.476 e. The van der Waals surface area contributed by atoms with E-state index in [-0.39, 0.29) is 11.5 Å². The zero-order valence-electron chi connectivity index (χ0n) is 9.85. The molecule has 0 aliphatic heterocycles. The first-order valence-electron chi connectivity index (χ1n) is 5.16. The first kappa shape index (κ1) is 12.1. The Morgan fingerprint density at radius 1 is 1.39 bits per heavy atom. The van der Waals surface area contributed by atoms with Gasteiger partial charge in [-0.3, -0.25) is 0 Å². The van der Waals surface area contributed by atoms with Crippen LogP contribution < -0.4 is 4.90 Å². The highest BCUT2D eigenvalue weighted by molar-refractivity contribution is 5.87. The summed E-state index contributed by atoms with van der Waals surface area (Å²) in [5.41, 5.74) is 0.962. The van der Waals surface area contributed by atoms with E-state index in [1.165, 1.54) is 18.2 Å². The van der Waals surface area contributed by atoms with Gasteiger partial charge in [-0.1, -0.05) is 5.16 Å². The highest BCUT2D eigenvalue weighted by Crippen LogP contribution is 2.31. The van der Waals surface area contributed by atoms with Crippen LogP contribution in [0.1, 0.15) is 10.5 Å². The van der Waals surface area contributed by atoms with E-state index in [9.17, 15) is 9.18 Å². The summed E-state index contributed by atoms with van der Waals surface area (Å²) in [4.78, 5) is 12.5. The quantitative estimate of drug-likeness (QED) is 0.904. The lowest BCUT2D eigenvalue weighted by molar-refractivity contribution is 0.0686. The maximum Gasteiger partial charge on any atom is 0.358 e. The van der Waals surface area contributed by atoms with E-state index >= 15 is 0 Å². The van der Waals surface area contributed by atoms with Crippen molar-refractivity contribution in [2.45, 2.75) is 0 Å². The molecule has 1 heterocycles. The fourth-order valence-electron chi connectivity index (χ4n) is 1.60. The van der Waals surface area contributed by atoms with Gasteiger partial charge in [0.2, 0.25) is 0 Å². The number of carbonyl (C=O) groups is 1. The molecule has 94 valence electrons. The second-order valence-corrected chi connectivity index (χ2v) is 3.94. The van der Waals surface area contributed by atoms with Gasteiger partial charge in [0, 0.05) is 31.4 Å². The summed E-state index contributed by atoms with van der Waals surface area (Å²) in [6.45, 7) is 0. The van der Waals surface area contributed by atoms with Gasteiger partial charge in [-0.25, -0.2) is 9.18 Å². The highest BCUT2D eigenvalue weighted by atomic mass is 19.1. The maximum atomic E-state index is 13.3. The van der Waals surface area contributed by atoms with Crippen LogP contribution in [0.15, 0.2) is 28.8 Å². The van der Waals surface area contributed by atoms with Gasteiger partial charge < -0.3 is 14.5 Å². The lowest BCUT2D eigenvalue weighted by atomic mass is 10.1. The van der Waals surface area contributed by atoms with Crippen LogP contribution in [0.25, 0.3) is 11.3 Å². The van der Waals surface area contributed by atoms with E-state index in [0.717, 1.165) is 0 Å². The SMILES string of the molecule is CN(C)c1ccc(F)cc1-c1cc(C(=O)O)no1. The van der Waals surface area contributed by atoms with Crippen molar-refractivity contribution in [3.63, 3.8) is 0 Å². The predicted octanol–water partition coefficient (Wildman–Crippen LogP) is 2.24. The van der Waals surface area contributed by atoms with Gasteiger partial charge in [-0.2, -0.15) is 0 Å². The molecule has 5 nitrogen and oxygen atoms in total. The molecule has 1 aromatic carbocycles. The number of benzene rings is 1.